The Balaban J connectivity index is 1.82. The quantitative estimate of drug-likeness (QED) is 0.250. The topological polar surface area (TPSA) is 139 Å². The van der Waals surface area contributed by atoms with Crippen LogP contribution in [0.1, 0.15) is 71.2 Å². The van der Waals surface area contributed by atoms with Gasteiger partial charge >= 0.3 is 6.09 Å². The minimum atomic E-state index is -3.86. The number of anilines is 1. The first-order valence-corrected chi connectivity index (χ1v) is 15.9. The third-order valence-electron chi connectivity index (χ3n) is 5.90. The van der Waals surface area contributed by atoms with E-state index in [9.17, 15) is 18.3 Å². The number of ether oxygens (including phenoxy) is 2. The number of hydrogen-bond acceptors (Lipinski definition) is 9. The van der Waals surface area contributed by atoms with Crippen molar-refractivity contribution in [3.05, 3.63) is 27.8 Å². The molecule has 1 atom stereocenters. The van der Waals surface area contributed by atoms with E-state index >= 15 is 0 Å². The normalized spacial score (nSPS) is 19.1. The average molecular weight is 634 g/mol. The zero-order valence-corrected chi connectivity index (χ0v) is 25.5. The first kappa shape index (κ1) is 30.9. The van der Waals surface area contributed by atoms with Crippen molar-refractivity contribution < 1.29 is 27.8 Å². The molecule has 38 heavy (non-hydrogen) atoms. The Hall–Kier alpha value is -1.61. The summed E-state index contributed by atoms with van der Waals surface area (Å²) in [6.07, 6.45) is 1.47. The smallest absolute Gasteiger partial charge is 0.411 e. The van der Waals surface area contributed by atoms with Gasteiger partial charge in [-0.15, -0.1) is 11.3 Å². The zero-order valence-electron chi connectivity index (χ0n) is 22.3. The Kier molecular flexibility index (Phi) is 11.1. The molecule has 0 aliphatic heterocycles. The molecule has 13 heteroatoms. The number of aliphatic hydroxyl groups is 1. The maximum Gasteiger partial charge on any atom is 0.411 e. The van der Waals surface area contributed by atoms with Crippen LogP contribution in [-0.2, 0) is 19.5 Å². The Bertz CT molecular complexity index is 1200. The van der Waals surface area contributed by atoms with Gasteiger partial charge in [0, 0.05) is 29.8 Å². The highest BCUT2D eigenvalue weighted by Crippen LogP contribution is 2.43. The van der Waals surface area contributed by atoms with E-state index in [1.54, 1.807) is 32.9 Å². The molecule has 212 valence electrons. The average Bonchev–Trinajstić information content (AvgIpc) is 3.19. The van der Waals surface area contributed by atoms with E-state index < -0.39 is 22.5 Å². The zero-order chi connectivity index (χ0) is 28.0. The Morgan fingerprint density at radius 1 is 1.18 bits per heavy atom. The Morgan fingerprint density at radius 2 is 1.87 bits per heavy atom. The molecule has 1 aliphatic carbocycles. The van der Waals surface area contributed by atoms with Gasteiger partial charge in [-0.05, 0) is 81.4 Å². The number of thiazole rings is 1. The van der Waals surface area contributed by atoms with Gasteiger partial charge < -0.3 is 14.6 Å². The fourth-order valence-electron chi connectivity index (χ4n) is 4.30. The highest BCUT2D eigenvalue weighted by Gasteiger charge is 2.29. The van der Waals surface area contributed by atoms with Crippen LogP contribution in [0.3, 0.4) is 0 Å². The van der Waals surface area contributed by atoms with E-state index in [0.717, 1.165) is 30.7 Å². The molecule has 1 heterocycles. The van der Waals surface area contributed by atoms with Crippen LogP contribution in [0.2, 0.25) is 0 Å². The van der Waals surface area contributed by atoms with Crippen molar-refractivity contribution in [2.75, 3.05) is 11.9 Å². The number of carbonyl (C=O) groups is 1. The van der Waals surface area contributed by atoms with E-state index in [0.29, 0.717) is 20.7 Å². The summed E-state index contributed by atoms with van der Waals surface area (Å²) < 4.78 is 39.9. The highest BCUT2D eigenvalue weighted by atomic mass is 79.9. The second kappa shape index (κ2) is 13.6. The van der Waals surface area contributed by atoms with Gasteiger partial charge in [-0.3, -0.25) is 10.6 Å². The number of carbonyl (C=O) groups excluding carboxylic acids is 1. The standard InChI is InChI=1S/C25H37BrN4O6S2/c1-6-27-38(33,34)20-13-18(29-25(32)36-15(4)5)11-12-19(20)21-22(26)30-23(37-21)16-7-9-17(10-8-16)28-24(31)35-14(2)3/h11-17,24,27-28,31H,6-10H2,1-5H3,(H,29,32). The van der Waals surface area contributed by atoms with Gasteiger partial charge in [0.15, 0.2) is 0 Å². The number of rotatable bonds is 11. The summed E-state index contributed by atoms with van der Waals surface area (Å²) in [7, 11) is -3.86. The second-order valence-electron chi connectivity index (χ2n) is 9.72. The largest absolute Gasteiger partial charge is 0.447 e. The predicted molar refractivity (Wildman–Crippen MR) is 152 cm³/mol. The molecule has 1 fully saturated rings. The third kappa shape index (κ3) is 8.44. The summed E-state index contributed by atoms with van der Waals surface area (Å²) in [4.78, 5) is 17.6. The monoisotopic (exact) mass is 632 g/mol. The van der Waals surface area contributed by atoms with E-state index in [-0.39, 0.29) is 35.6 Å². The maximum absolute atomic E-state index is 13.1. The lowest BCUT2D eigenvalue weighted by Gasteiger charge is -2.30. The maximum atomic E-state index is 13.1. The third-order valence-corrected chi connectivity index (χ3v) is 9.57. The second-order valence-corrected chi connectivity index (χ2v) is 13.2. The van der Waals surface area contributed by atoms with Crippen molar-refractivity contribution in [1.82, 2.24) is 15.0 Å². The van der Waals surface area contributed by atoms with Crippen LogP contribution in [0.15, 0.2) is 27.7 Å². The number of benzene rings is 1. The molecule has 1 aromatic heterocycles. The van der Waals surface area contributed by atoms with E-state index in [1.807, 2.05) is 13.8 Å². The molecule has 0 radical (unpaired) electrons. The fraction of sp³-hybridized carbons (Fsp3) is 0.600. The molecule has 1 saturated carbocycles. The van der Waals surface area contributed by atoms with Crippen molar-refractivity contribution in [3.8, 4) is 10.4 Å². The minimum Gasteiger partial charge on any atom is -0.447 e. The number of sulfonamides is 1. The van der Waals surface area contributed by atoms with Crippen LogP contribution in [0, 0.1) is 0 Å². The lowest BCUT2D eigenvalue weighted by molar-refractivity contribution is -0.150. The molecule has 2 aromatic rings. The number of amides is 1. The molecule has 0 spiro atoms. The molecular weight excluding hydrogens is 596 g/mol. The van der Waals surface area contributed by atoms with Crippen LogP contribution in [0.5, 0.6) is 0 Å². The Labute approximate surface area is 237 Å². The molecule has 10 nitrogen and oxygen atoms in total. The summed E-state index contributed by atoms with van der Waals surface area (Å²) in [5.74, 6) is 0.229. The number of hydrogen-bond donors (Lipinski definition) is 4. The molecular formula is C25H37BrN4O6S2. The number of nitrogens with zero attached hydrogens (tertiary/aromatic N) is 1. The summed E-state index contributed by atoms with van der Waals surface area (Å²) >= 11 is 5.01. The lowest BCUT2D eigenvalue weighted by Crippen LogP contribution is -2.42. The van der Waals surface area contributed by atoms with Crippen molar-refractivity contribution >= 4 is 49.1 Å². The summed E-state index contributed by atoms with van der Waals surface area (Å²) in [5.41, 5.74) is 0.805. The molecule has 4 N–H and O–H groups in total. The molecule has 3 rings (SSSR count). The fourth-order valence-corrected chi connectivity index (χ4v) is 7.58. The van der Waals surface area contributed by atoms with E-state index in [1.165, 1.54) is 17.4 Å². The first-order valence-electron chi connectivity index (χ1n) is 12.8. The lowest BCUT2D eigenvalue weighted by atomic mass is 9.86. The van der Waals surface area contributed by atoms with Gasteiger partial charge in [0.25, 0.3) is 0 Å². The first-order chi connectivity index (χ1) is 17.9. The van der Waals surface area contributed by atoms with Gasteiger partial charge in [-0.2, -0.15) is 0 Å². The van der Waals surface area contributed by atoms with Gasteiger partial charge in [0.1, 0.15) is 4.60 Å². The van der Waals surface area contributed by atoms with Gasteiger partial charge in [0.2, 0.25) is 16.4 Å². The molecule has 1 aromatic carbocycles. The SMILES string of the molecule is CCNS(=O)(=O)c1cc(NC(=O)OC(C)C)ccc1-c1sc(C2CCC(NC(O)OC(C)C)CC2)nc1Br. The van der Waals surface area contributed by atoms with Crippen molar-refractivity contribution in [2.45, 2.75) is 95.8 Å². The molecule has 1 amide bonds. The molecule has 1 aliphatic rings. The summed E-state index contributed by atoms with van der Waals surface area (Å²) in [5, 5.41) is 16.7. The van der Waals surface area contributed by atoms with Crippen LogP contribution >= 0.6 is 27.3 Å². The summed E-state index contributed by atoms with van der Waals surface area (Å²) in [6.45, 7) is 9.14. The van der Waals surface area contributed by atoms with Gasteiger partial charge in [-0.1, -0.05) is 13.0 Å². The Morgan fingerprint density at radius 3 is 2.47 bits per heavy atom. The van der Waals surface area contributed by atoms with E-state index in [2.05, 4.69) is 31.3 Å². The number of halogens is 1. The molecule has 0 bridgehead atoms. The van der Waals surface area contributed by atoms with Crippen molar-refractivity contribution in [2.24, 2.45) is 0 Å². The van der Waals surface area contributed by atoms with Gasteiger partial charge in [-0.25, -0.2) is 22.9 Å². The highest BCUT2D eigenvalue weighted by molar-refractivity contribution is 9.10. The van der Waals surface area contributed by atoms with Crippen molar-refractivity contribution in [1.29, 1.82) is 0 Å². The van der Waals surface area contributed by atoms with Gasteiger partial charge in [0.05, 0.1) is 27.0 Å². The van der Waals surface area contributed by atoms with Crippen LogP contribution in [-0.4, -0.2) is 55.8 Å². The van der Waals surface area contributed by atoms with Crippen molar-refractivity contribution in [3.63, 3.8) is 0 Å². The molecule has 0 saturated heterocycles. The van der Waals surface area contributed by atoms with Crippen LogP contribution < -0.4 is 15.4 Å². The number of aliphatic hydroxyl groups excluding tert-OH is 1. The summed E-state index contributed by atoms with van der Waals surface area (Å²) in [6, 6.07) is 4.91. The van der Waals surface area contributed by atoms with Crippen LogP contribution in [0.4, 0.5) is 10.5 Å². The number of aromatic nitrogens is 1. The van der Waals surface area contributed by atoms with Crippen LogP contribution in [0.25, 0.3) is 10.4 Å². The van der Waals surface area contributed by atoms with E-state index in [4.69, 9.17) is 14.5 Å². The molecule has 1 unspecified atom stereocenters. The predicted octanol–water partition coefficient (Wildman–Crippen LogP) is 5.14. The number of nitrogens with one attached hydrogen (secondary N) is 3. The minimum absolute atomic E-state index is 0.0460.